The number of benzene rings is 1. The highest BCUT2D eigenvalue weighted by Gasteiger charge is 2.27. The van der Waals surface area contributed by atoms with E-state index in [1.54, 1.807) is 0 Å². The van der Waals surface area contributed by atoms with Gasteiger partial charge in [-0.3, -0.25) is 4.90 Å². The van der Waals surface area contributed by atoms with Gasteiger partial charge in [0, 0.05) is 22.7 Å². The van der Waals surface area contributed by atoms with Crippen molar-refractivity contribution in [3.8, 4) is 0 Å². The van der Waals surface area contributed by atoms with Crippen molar-refractivity contribution in [2.75, 3.05) is 19.6 Å². The molecule has 0 radical (unpaired) electrons. The molecule has 0 aromatic heterocycles. The third-order valence-corrected chi connectivity index (χ3v) is 4.57. The van der Waals surface area contributed by atoms with Crippen LogP contribution in [0.1, 0.15) is 32.8 Å². The van der Waals surface area contributed by atoms with E-state index in [0.717, 1.165) is 19.6 Å². The number of halogens is 1. The second-order valence-electron chi connectivity index (χ2n) is 6.59. The highest BCUT2D eigenvalue weighted by molar-refractivity contribution is 14.1. The molecule has 1 heterocycles. The molecule has 1 aromatic rings. The molecule has 1 atom stereocenters. The van der Waals surface area contributed by atoms with Crippen LogP contribution < -0.4 is 5.32 Å². The highest BCUT2D eigenvalue weighted by atomic mass is 127. The van der Waals surface area contributed by atoms with Gasteiger partial charge in [0.25, 0.3) is 0 Å². The Morgan fingerprint density at radius 3 is 2.58 bits per heavy atom. The van der Waals surface area contributed by atoms with Gasteiger partial charge in [-0.1, -0.05) is 32.9 Å². The van der Waals surface area contributed by atoms with Gasteiger partial charge in [-0.15, -0.1) is 0 Å². The predicted molar refractivity (Wildman–Crippen MR) is 90.3 cm³/mol. The molecule has 0 bridgehead atoms. The third-order valence-electron chi connectivity index (χ3n) is 3.85. The first kappa shape index (κ1) is 15.3. The van der Waals surface area contributed by atoms with Gasteiger partial charge >= 0.3 is 0 Å². The Labute approximate surface area is 131 Å². The first-order valence-corrected chi connectivity index (χ1v) is 8.23. The number of hydrogen-bond donors (Lipinski definition) is 1. The van der Waals surface area contributed by atoms with E-state index in [4.69, 9.17) is 0 Å². The van der Waals surface area contributed by atoms with E-state index in [-0.39, 0.29) is 0 Å². The van der Waals surface area contributed by atoms with Gasteiger partial charge in [-0.25, -0.2) is 0 Å². The molecule has 2 nitrogen and oxygen atoms in total. The summed E-state index contributed by atoms with van der Waals surface area (Å²) >= 11 is 2.36. The minimum atomic E-state index is 0.328. The largest absolute Gasteiger partial charge is 0.312 e. The van der Waals surface area contributed by atoms with Crippen molar-refractivity contribution in [3.63, 3.8) is 0 Å². The molecule has 0 spiro atoms. The molecule has 1 aromatic carbocycles. The van der Waals surface area contributed by atoms with Crippen molar-refractivity contribution in [3.05, 3.63) is 33.4 Å². The van der Waals surface area contributed by atoms with Gasteiger partial charge in [0.2, 0.25) is 0 Å². The molecule has 106 valence electrons. The average molecular weight is 372 g/mol. The van der Waals surface area contributed by atoms with Crippen molar-refractivity contribution in [2.24, 2.45) is 5.41 Å². The molecular formula is C16H25IN2. The monoisotopic (exact) mass is 372 g/mol. The molecule has 1 N–H and O–H groups in total. The number of hydrogen-bond acceptors (Lipinski definition) is 2. The lowest BCUT2D eigenvalue weighted by Gasteiger charge is -2.33. The Morgan fingerprint density at radius 1 is 1.26 bits per heavy atom. The fraction of sp³-hybridized carbons (Fsp3) is 0.625. The predicted octanol–water partition coefficient (Wildman–Crippen LogP) is 3.50. The van der Waals surface area contributed by atoms with E-state index < -0.39 is 0 Å². The quantitative estimate of drug-likeness (QED) is 0.800. The molecule has 19 heavy (non-hydrogen) atoms. The smallest absolute Gasteiger partial charge is 0.0243 e. The van der Waals surface area contributed by atoms with Crippen LogP contribution in [0.25, 0.3) is 0 Å². The van der Waals surface area contributed by atoms with Crippen LogP contribution in [0.15, 0.2) is 24.3 Å². The summed E-state index contributed by atoms with van der Waals surface area (Å²) in [6, 6.07) is 9.50. The first-order valence-electron chi connectivity index (χ1n) is 7.15. The zero-order valence-electron chi connectivity index (χ0n) is 12.2. The van der Waals surface area contributed by atoms with Crippen LogP contribution in [0.5, 0.6) is 0 Å². The Kier molecular flexibility index (Phi) is 5.26. The molecule has 1 fully saturated rings. The highest BCUT2D eigenvalue weighted by Crippen LogP contribution is 2.22. The van der Waals surface area contributed by atoms with E-state index in [0.29, 0.717) is 11.5 Å². The molecule has 1 unspecified atom stereocenters. The van der Waals surface area contributed by atoms with Gasteiger partial charge in [0.15, 0.2) is 0 Å². The van der Waals surface area contributed by atoms with Crippen LogP contribution >= 0.6 is 22.6 Å². The standard InChI is InChI=1S/C16H25IN2/c1-16(2,3)15-12-19(10-4-9-18-15)11-13-5-7-14(17)8-6-13/h5-8,15,18H,4,9-12H2,1-3H3. The number of nitrogens with zero attached hydrogens (tertiary/aromatic N) is 1. The lowest BCUT2D eigenvalue weighted by atomic mass is 9.86. The molecule has 0 amide bonds. The molecule has 1 aliphatic rings. The average Bonchev–Trinajstić information content (AvgIpc) is 2.57. The summed E-state index contributed by atoms with van der Waals surface area (Å²) < 4.78 is 1.31. The topological polar surface area (TPSA) is 15.3 Å². The first-order chi connectivity index (χ1) is 8.95. The maximum atomic E-state index is 3.70. The fourth-order valence-corrected chi connectivity index (χ4v) is 2.92. The summed E-state index contributed by atoms with van der Waals surface area (Å²) in [4.78, 5) is 2.60. The number of nitrogens with one attached hydrogen (secondary N) is 1. The SMILES string of the molecule is CC(C)(C)C1CN(Cc2ccc(I)cc2)CCCN1. The normalized spacial score (nSPS) is 22.2. The summed E-state index contributed by atoms with van der Waals surface area (Å²) in [5.74, 6) is 0. The van der Waals surface area contributed by atoms with Gasteiger partial charge < -0.3 is 5.32 Å². The fourth-order valence-electron chi connectivity index (χ4n) is 2.56. The zero-order valence-corrected chi connectivity index (χ0v) is 14.4. The van der Waals surface area contributed by atoms with E-state index in [1.165, 1.54) is 22.1 Å². The van der Waals surface area contributed by atoms with E-state index in [9.17, 15) is 0 Å². The lowest BCUT2D eigenvalue weighted by molar-refractivity contribution is 0.192. The maximum Gasteiger partial charge on any atom is 0.0243 e. The summed E-state index contributed by atoms with van der Waals surface area (Å²) in [6.07, 6.45) is 1.25. The van der Waals surface area contributed by atoms with Crippen LogP contribution in [-0.2, 0) is 6.54 Å². The lowest BCUT2D eigenvalue weighted by Crippen LogP contribution is -2.46. The minimum Gasteiger partial charge on any atom is -0.312 e. The van der Waals surface area contributed by atoms with Crippen LogP contribution in [-0.4, -0.2) is 30.6 Å². The Hall–Kier alpha value is -0.130. The molecule has 3 heteroatoms. The van der Waals surface area contributed by atoms with E-state index in [2.05, 4.69) is 77.8 Å². The Balaban J connectivity index is 2.00. The van der Waals surface area contributed by atoms with Gasteiger partial charge in [-0.05, 0) is 65.2 Å². The molecule has 2 rings (SSSR count). The van der Waals surface area contributed by atoms with E-state index in [1.807, 2.05) is 0 Å². The summed E-state index contributed by atoms with van der Waals surface area (Å²) in [6.45, 7) is 11.6. The van der Waals surface area contributed by atoms with Crippen molar-refractivity contribution < 1.29 is 0 Å². The summed E-state index contributed by atoms with van der Waals surface area (Å²) in [5, 5.41) is 3.70. The van der Waals surface area contributed by atoms with Crippen LogP contribution in [0.3, 0.4) is 0 Å². The molecule has 0 aliphatic carbocycles. The molecule has 0 saturated carbocycles. The van der Waals surface area contributed by atoms with E-state index >= 15 is 0 Å². The molecular weight excluding hydrogens is 347 g/mol. The minimum absolute atomic E-state index is 0.328. The molecule has 1 aliphatic heterocycles. The second-order valence-corrected chi connectivity index (χ2v) is 7.83. The second kappa shape index (κ2) is 6.55. The van der Waals surface area contributed by atoms with Crippen LogP contribution in [0.2, 0.25) is 0 Å². The van der Waals surface area contributed by atoms with Crippen LogP contribution in [0, 0.1) is 8.99 Å². The third kappa shape index (κ3) is 4.72. The Morgan fingerprint density at radius 2 is 1.95 bits per heavy atom. The summed E-state index contributed by atoms with van der Waals surface area (Å²) in [5.41, 5.74) is 1.75. The van der Waals surface area contributed by atoms with Gasteiger partial charge in [-0.2, -0.15) is 0 Å². The van der Waals surface area contributed by atoms with Crippen molar-refractivity contribution in [1.29, 1.82) is 0 Å². The molecule has 1 saturated heterocycles. The van der Waals surface area contributed by atoms with Gasteiger partial charge in [0.05, 0.1) is 0 Å². The van der Waals surface area contributed by atoms with Crippen molar-refractivity contribution in [2.45, 2.75) is 39.8 Å². The maximum absolute atomic E-state index is 3.70. The van der Waals surface area contributed by atoms with Crippen molar-refractivity contribution >= 4 is 22.6 Å². The van der Waals surface area contributed by atoms with Crippen molar-refractivity contribution in [1.82, 2.24) is 10.2 Å². The number of rotatable bonds is 2. The van der Waals surface area contributed by atoms with Crippen LogP contribution in [0.4, 0.5) is 0 Å². The summed E-state index contributed by atoms with van der Waals surface area (Å²) in [7, 11) is 0. The zero-order chi connectivity index (χ0) is 13.9. The Bertz CT molecular complexity index is 394. The van der Waals surface area contributed by atoms with Gasteiger partial charge in [0.1, 0.15) is 0 Å².